The van der Waals surface area contributed by atoms with E-state index in [0.717, 1.165) is 12.8 Å². The molecule has 0 N–H and O–H groups in total. The number of ketones is 1. The fourth-order valence-electron chi connectivity index (χ4n) is 6.67. The molecule has 1 saturated heterocycles. The first kappa shape index (κ1) is 24.6. The number of hydrogen-bond donors (Lipinski definition) is 0. The fraction of sp³-hybridized carbons (Fsp3) is 0.290. The fourth-order valence-corrected chi connectivity index (χ4v) is 6.80. The lowest BCUT2D eigenvalue weighted by molar-refractivity contribution is -0.123. The Morgan fingerprint density at radius 1 is 0.842 bits per heavy atom. The van der Waals surface area contributed by atoms with Crippen LogP contribution in [0.25, 0.3) is 0 Å². The maximum absolute atomic E-state index is 13.5. The van der Waals surface area contributed by atoms with E-state index >= 15 is 0 Å². The number of carbonyl (C=O) groups is 4. The summed E-state index contributed by atoms with van der Waals surface area (Å²) in [5.74, 6) is -1.17. The predicted molar refractivity (Wildman–Crippen MR) is 142 cm³/mol. The van der Waals surface area contributed by atoms with Gasteiger partial charge in [0.05, 0.1) is 23.1 Å². The number of amides is 2. The average Bonchev–Trinajstić information content (AvgIpc) is 3.60. The smallest absolute Gasteiger partial charge is 0.338 e. The van der Waals surface area contributed by atoms with Gasteiger partial charge in [0.2, 0.25) is 17.6 Å². The van der Waals surface area contributed by atoms with Gasteiger partial charge >= 0.3 is 5.97 Å². The highest BCUT2D eigenvalue weighted by Gasteiger charge is 2.64. The highest BCUT2D eigenvalue weighted by molar-refractivity contribution is 6.30. The Morgan fingerprint density at radius 2 is 1.47 bits per heavy atom. The quantitative estimate of drug-likeness (QED) is 0.233. The molecule has 2 bridgehead atoms. The van der Waals surface area contributed by atoms with Crippen LogP contribution in [0.1, 0.15) is 52.0 Å². The van der Waals surface area contributed by atoms with Gasteiger partial charge in [0.15, 0.2) is 6.10 Å². The summed E-state index contributed by atoms with van der Waals surface area (Å²) < 4.78 is 5.37. The molecule has 0 aromatic heterocycles. The van der Waals surface area contributed by atoms with Crippen LogP contribution < -0.4 is 4.90 Å². The number of fused-ring (bicyclic) bond motifs is 5. The SMILES string of the molecule is C[C@@H](OC(=O)c1ccc(N2C(=O)[C@@H]3[C@H]4C[C@@H]([C@@H]3C2=O)[C@H](c2ccccc2)C4)cc1)C(=O)c1ccc(Cl)cc1. The monoisotopic (exact) mass is 527 g/mol. The Hall–Kier alpha value is -3.77. The zero-order valence-corrected chi connectivity index (χ0v) is 21.5. The van der Waals surface area contributed by atoms with E-state index < -0.39 is 12.1 Å². The Morgan fingerprint density at radius 3 is 2.16 bits per heavy atom. The molecule has 6 nitrogen and oxygen atoms in total. The standard InChI is InChI=1S/C31H26ClNO5/c1-17(28(34)19-7-11-22(32)12-8-19)38-31(37)20-9-13-23(14-10-20)33-29(35)26-21-15-24(18-5-3-2-4-6-18)25(16-21)27(26)30(33)36/h2-14,17,21,24-27H,15-16H2,1H3/t17-,21-,24+,25-,26-,27+/m1/s1. The van der Waals surface area contributed by atoms with Crippen LogP contribution in [-0.4, -0.2) is 29.7 Å². The largest absolute Gasteiger partial charge is 0.451 e. The maximum Gasteiger partial charge on any atom is 0.338 e. The molecule has 0 spiro atoms. The highest BCUT2D eigenvalue weighted by Crippen LogP contribution is 2.61. The molecule has 3 fully saturated rings. The molecule has 2 aliphatic carbocycles. The number of ether oxygens (including phenoxy) is 1. The van der Waals surface area contributed by atoms with E-state index in [-0.39, 0.29) is 46.8 Å². The molecule has 0 unspecified atom stereocenters. The molecule has 2 amide bonds. The molecule has 1 heterocycles. The maximum atomic E-state index is 13.5. The highest BCUT2D eigenvalue weighted by atomic mass is 35.5. The van der Waals surface area contributed by atoms with E-state index in [2.05, 4.69) is 12.1 Å². The molecule has 3 aromatic carbocycles. The number of carbonyl (C=O) groups excluding carboxylic acids is 4. The molecule has 1 aliphatic heterocycles. The van der Waals surface area contributed by atoms with Crippen LogP contribution in [-0.2, 0) is 14.3 Å². The first-order valence-electron chi connectivity index (χ1n) is 12.9. The van der Waals surface area contributed by atoms with Crippen molar-refractivity contribution in [1.82, 2.24) is 0 Å². The summed E-state index contributed by atoms with van der Waals surface area (Å²) in [5, 5.41) is 0.508. The van der Waals surface area contributed by atoms with Crippen LogP contribution in [0.5, 0.6) is 0 Å². The molecule has 6 rings (SSSR count). The first-order valence-corrected chi connectivity index (χ1v) is 13.2. The van der Waals surface area contributed by atoms with Crippen molar-refractivity contribution in [3.05, 3.63) is 101 Å². The average molecular weight is 528 g/mol. The van der Waals surface area contributed by atoms with Gasteiger partial charge < -0.3 is 4.74 Å². The second-order valence-electron chi connectivity index (χ2n) is 10.4. The number of halogens is 1. The van der Waals surface area contributed by atoms with Gasteiger partial charge in [-0.15, -0.1) is 0 Å². The van der Waals surface area contributed by atoms with Gasteiger partial charge in [0.1, 0.15) is 0 Å². The van der Waals surface area contributed by atoms with Crippen LogP contribution in [0.15, 0.2) is 78.9 Å². The number of rotatable bonds is 6. The number of hydrogen-bond acceptors (Lipinski definition) is 5. The van der Waals surface area contributed by atoms with Crippen molar-refractivity contribution < 1.29 is 23.9 Å². The number of imide groups is 1. The van der Waals surface area contributed by atoms with E-state index in [1.165, 1.54) is 29.5 Å². The zero-order chi connectivity index (χ0) is 26.6. The minimum Gasteiger partial charge on any atom is -0.451 e. The molecule has 0 radical (unpaired) electrons. The minimum absolute atomic E-state index is 0.142. The van der Waals surface area contributed by atoms with E-state index in [1.54, 1.807) is 36.4 Å². The number of Topliss-reactive ketones (excluding diaryl/α,β-unsaturated/α-hetero) is 1. The van der Waals surface area contributed by atoms with Crippen molar-refractivity contribution in [3.63, 3.8) is 0 Å². The molecule has 38 heavy (non-hydrogen) atoms. The lowest BCUT2D eigenvalue weighted by Gasteiger charge is -2.28. The first-order chi connectivity index (χ1) is 18.3. The van der Waals surface area contributed by atoms with Gasteiger partial charge in [-0.1, -0.05) is 41.9 Å². The molecular formula is C31H26ClNO5. The second-order valence-corrected chi connectivity index (χ2v) is 10.9. The van der Waals surface area contributed by atoms with Crippen LogP contribution in [0.3, 0.4) is 0 Å². The van der Waals surface area contributed by atoms with Crippen LogP contribution >= 0.6 is 11.6 Å². The lowest BCUT2D eigenvalue weighted by Crippen LogP contribution is -2.33. The van der Waals surface area contributed by atoms with E-state index in [4.69, 9.17) is 16.3 Å². The molecular weight excluding hydrogens is 502 g/mol. The van der Waals surface area contributed by atoms with Gasteiger partial charge in [-0.3, -0.25) is 19.3 Å². The molecule has 6 atom stereocenters. The summed E-state index contributed by atoms with van der Waals surface area (Å²) >= 11 is 5.87. The van der Waals surface area contributed by atoms with Gasteiger partial charge in [0.25, 0.3) is 0 Å². The Balaban J connectivity index is 1.15. The normalized spacial score (nSPS) is 26.4. The van der Waals surface area contributed by atoms with Crippen molar-refractivity contribution in [2.24, 2.45) is 23.7 Å². The summed E-state index contributed by atoms with van der Waals surface area (Å²) in [7, 11) is 0. The number of nitrogens with zero attached hydrogens (tertiary/aromatic N) is 1. The van der Waals surface area contributed by atoms with Gasteiger partial charge in [-0.25, -0.2) is 4.79 Å². The third-order valence-electron chi connectivity index (χ3n) is 8.39. The van der Waals surface area contributed by atoms with Gasteiger partial charge in [0, 0.05) is 10.6 Å². The van der Waals surface area contributed by atoms with Crippen molar-refractivity contribution in [1.29, 1.82) is 0 Å². The molecule has 192 valence electrons. The van der Waals surface area contributed by atoms with Gasteiger partial charge in [-0.05, 0) is 91.6 Å². The van der Waals surface area contributed by atoms with Crippen molar-refractivity contribution in [2.45, 2.75) is 31.8 Å². The van der Waals surface area contributed by atoms with Crippen molar-refractivity contribution >= 4 is 40.9 Å². The Kier molecular flexibility index (Phi) is 6.15. The van der Waals surface area contributed by atoms with Crippen molar-refractivity contribution in [2.75, 3.05) is 4.90 Å². The third kappa shape index (κ3) is 4.04. The predicted octanol–water partition coefficient (Wildman–Crippen LogP) is 5.70. The van der Waals surface area contributed by atoms with Crippen molar-refractivity contribution in [3.8, 4) is 0 Å². The summed E-state index contributed by atoms with van der Waals surface area (Å²) in [6.45, 7) is 1.51. The molecule has 3 aromatic rings. The Bertz CT molecular complexity index is 1420. The molecule has 2 saturated carbocycles. The number of esters is 1. The van der Waals surface area contributed by atoms with E-state index in [0.29, 0.717) is 22.2 Å². The van der Waals surface area contributed by atoms with Crippen LogP contribution in [0, 0.1) is 23.7 Å². The van der Waals surface area contributed by atoms with E-state index in [9.17, 15) is 19.2 Å². The molecule has 3 aliphatic rings. The summed E-state index contributed by atoms with van der Waals surface area (Å²) in [4.78, 5) is 53.5. The summed E-state index contributed by atoms with van der Waals surface area (Å²) in [6.07, 6.45) is 0.857. The number of anilines is 1. The Labute approximate surface area is 225 Å². The summed E-state index contributed by atoms with van der Waals surface area (Å²) in [5.41, 5.74) is 2.31. The van der Waals surface area contributed by atoms with E-state index in [1.807, 2.05) is 18.2 Å². The summed E-state index contributed by atoms with van der Waals surface area (Å²) in [6, 6.07) is 22.8. The van der Waals surface area contributed by atoms with Crippen LogP contribution in [0.2, 0.25) is 5.02 Å². The van der Waals surface area contributed by atoms with Gasteiger partial charge in [-0.2, -0.15) is 0 Å². The van der Waals surface area contributed by atoms with Crippen LogP contribution in [0.4, 0.5) is 5.69 Å². The number of benzene rings is 3. The lowest BCUT2D eigenvalue weighted by atomic mass is 9.73. The second kappa shape index (κ2) is 9.52. The minimum atomic E-state index is -0.988. The third-order valence-corrected chi connectivity index (χ3v) is 8.64. The topological polar surface area (TPSA) is 80.8 Å². The molecule has 7 heteroatoms. The zero-order valence-electron chi connectivity index (χ0n) is 20.8.